The Morgan fingerprint density at radius 1 is 1.43 bits per heavy atom. The van der Waals surface area contributed by atoms with Crippen LogP contribution in [-0.2, 0) is 11.2 Å². The number of ether oxygens (including phenoxy) is 2. The van der Waals surface area contributed by atoms with Gasteiger partial charge in [-0.2, -0.15) is 0 Å². The largest absolute Gasteiger partial charge is 0.493 e. The third kappa shape index (κ3) is 3.09. The Kier molecular flexibility index (Phi) is 1.91. The second-order valence-electron chi connectivity index (χ2n) is 6.13. The number of nitrogens with zero attached hydrogens (tertiary/aromatic N) is 1. The fourth-order valence-electron chi connectivity index (χ4n) is 2.99. The van der Waals surface area contributed by atoms with Gasteiger partial charge in [-0.15, -0.1) is 0 Å². The van der Waals surface area contributed by atoms with Crippen molar-refractivity contribution in [1.82, 2.24) is 4.90 Å². The molecule has 1 aromatic rings. The Morgan fingerprint density at radius 2 is 2.17 bits per heavy atom. The number of rotatable bonds is 4. The van der Waals surface area contributed by atoms with Crippen molar-refractivity contribution in [3.8, 4) is 11.5 Å². The van der Waals surface area contributed by atoms with Gasteiger partial charge in [0.2, 0.25) is 0 Å². The lowest BCUT2D eigenvalue weighted by Crippen LogP contribution is -2.46. The molecular formula is C19H27NO3. The lowest BCUT2D eigenvalue weighted by molar-refractivity contribution is -0.129. The molecular weight excluding hydrogens is 290 g/mol. The monoisotopic (exact) mass is 330 g/mol. The van der Waals surface area contributed by atoms with Gasteiger partial charge in [0.05, 0.1) is 26.4 Å². The molecule has 2 heterocycles. The maximum Gasteiger partial charge on any atom is 0.161 e. The highest BCUT2D eigenvalue weighted by molar-refractivity contribution is 5.83. The van der Waals surface area contributed by atoms with Gasteiger partial charge in [-0.25, -0.2) is 0 Å². The Morgan fingerprint density at radius 3 is 2.87 bits per heavy atom. The van der Waals surface area contributed by atoms with Crippen molar-refractivity contribution in [2.45, 2.75) is 39.1 Å². The molecule has 4 nitrogen and oxygen atoms in total. The van der Waals surface area contributed by atoms with Crippen LogP contribution < -0.4 is 9.47 Å². The molecule has 0 aliphatic carbocycles. The van der Waals surface area contributed by atoms with Crippen molar-refractivity contribution in [2.24, 2.45) is 11.8 Å². The van der Waals surface area contributed by atoms with E-state index in [4.69, 9.17) is 27.3 Å². The molecule has 1 saturated heterocycles. The van der Waals surface area contributed by atoms with Crippen molar-refractivity contribution in [3.63, 3.8) is 0 Å². The van der Waals surface area contributed by atoms with E-state index in [9.17, 15) is 4.79 Å². The summed E-state index contributed by atoms with van der Waals surface area (Å²) in [4.78, 5) is 13.9. The van der Waals surface area contributed by atoms with Crippen LogP contribution in [0.25, 0.3) is 0 Å². The number of hydrogen-bond donors (Lipinski definition) is 0. The van der Waals surface area contributed by atoms with Crippen LogP contribution in [0.2, 0.25) is 0 Å². The average molecular weight is 331 g/mol. The first-order valence-electron chi connectivity index (χ1n) is 13.9. The van der Waals surface area contributed by atoms with Crippen LogP contribution in [0.1, 0.15) is 61.7 Å². The standard InChI is InChI=1S/C19H27NO3/c1-12(2)7-14-11-20-6-5-13-8-18(22-3)19(23-4)9-15(13)16(20)10-17(14)21/h8-9,12,14,16H,5-7,10-11H2,1-4H3/t14-,16?/m1/s1/i3D3,4D3,5D2,6D2,8D,9D,16D. The fourth-order valence-corrected chi connectivity index (χ4v) is 2.99. The molecule has 1 fully saturated rings. The molecule has 0 aromatic heterocycles. The van der Waals surface area contributed by atoms with Gasteiger partial charge in [-0.05, 0) is 41.9 Å². The molecule has 0 bridgehead atoms. The van der Waals surface area contributed by atoms with E-state index < -0.39 is 85.8 Å². The molecule has 1 aromatic carbocycles. The summed E-state index contributed by atoms with van der Waals surface area (Å²) >= 11 is 0. The van der Waals surface area contributed by atoms with Crippen LogP contribution >= 0.6 is 0 Å². The highest BCUT2D eigenvalue weighted by Gasteiger charge is 2.38. The van der Waals surface area contributed by atoms with Crippen LogP contribution in [0, 0.1) is 11.8 Å². The van der Waals surface area contributed by atoms with Crippen LogP contribution in [-0.4, -0.2) is 37.8 Å². The van der Waals surface area contributed by atoms with Crippen molar-refractivity contribution in [1.29, 1.82) is 0 Å². The second kappa shape index (κ2) is 6.52. The predicted octanol–water partition coefficient (Wildman–Crippen LogP) is 3.24. The predicted molar refractivity (Wildman–Crippen MR) is 90.1 cm³/mol. The highest BCUT2D eigenvalue weighted by Crippen LogP contribution is 2.42. The first-order valence-corrected chi connectivity index (χ1v) is 7.41. The zero-order valence-corrected chi connectivity index (χ0v) is 12.9. The molecule has 0 saturated carbocycles. The molecule has 0 radical (unpaired) electrons. The smallest absolute Gasteiger partial charge is 0.161 e. The van der Waals surface area contributed by atoms with E-state index in [1.165, 1.54) is 0 Å². The van der Waals surface area contributed by atoms with Crippen LogP contribution in [0.5, 0.6) is 11.5 Å². The molecule has 0 amide bonds. The molecule has 0 spiro atoms. The van der Waals surface area contributed by atoms with Gasteiger partial charge in [-0.1, -0.05) is 13.8 Å². The molecule has 2 aliphatic heterocycles. The molecule has 126 valence electrons. The lowest BCUT2D eigenvalue weighted by atomic mass is 9.80. The number of methoxy groups -OCH3 is 2. The summed E-state index contributed by atoms with van der Waals surface area (Å²) in [6.45, 7) is 0.397. The van der Waals surface area contributed by atoms with E-state index in [-0.39, 0.29) is 12.5 Å². The molecule has 23 heavy (non-hydrogen) atoms. The Balaban J connectivity index is 2.41. The normalized spacial score (nSPS) is 41.3. The van der Waals surface area contributed by atoms with Gasteiger partial charge >= 0.3 is 0 Å². The summed E-state index contributed by atoms with van der Waals surface area (Å²) in [6, 6.07) is -4.44. The molecule has 1 unspecified atom stereocenters. The number of Topliss-reactive ketones (excluding diaryl/α,β-unsaturated/α-hetero) is 1. The zero-order chi connectivity index (χ0) is 27.8. The topological polar surface area (TPSA) is 38.8 Å². The maximum absolute atomic E-state index is 13.0. The minimum Gasteiger partial charge on any atom is -0.493 e. The third-order valence-corrected chi connectivity index (χ3v) is 4.02. The first-order chi connectivity index (χ1) is 16.0. The van der Waals surface area contributed by atoms with Crippen molar-refractivity contribution < 1.29 is 32.1 Å². The SMILES string of the molecule is [2H]c1c(OC([2H])([2H])[2H])c(OC([2H])([2H])[2H])c([2H])c2c1C1([2H])CC(=O)[C@H](CC(C)C)CN1C([2H])([2H])C2([2H])[2H]. The summed E-state index contributed by atoms with van der Waals surface area (Å²) in [7, 11) is -6.51. The number of carbonyl (C=O) groups is 1. The number of carbonyl (C=O) groups excluding carboxylic acids is 1. The van der Waals surface area contributed by atoms with Gasteiger partial charge in [0, 0.05) is 36.9 Å². The van der Waals surface area contributed by atoms with Crippen molar-refractivity contribution in [2.75, 3.05) is 27.1 Å². The highest BCUT2D eigenvalue weighted by atomic mass is 16.5. The summed E-state index contributed by atoms with van der Waals surface area (Å²) in [5.74, 6) is -3.21. The van der Waals surface area contributed by atoms with Gasteiger partial charge < -0.3 is 9.47 Å². The average Bonchev–Trinajstić information content (AvgIpc) is 2.65. The van der Waals surface area contributed by atoms with E-state index in [2.05, 4.69) is 0 Å². The number of piperidine rings is 1. The summed E-state index contributed by atoms with van der Waals surface area (Å²) < 4.78 is 115. The first kappa shape index (κ1) is 6.75. The number of hydrogen-bond acceptors (Lipinski definition) is 4. The Labute approximate surface area is 157 Å². The van der Waals surface area contributed by atoms with Crippen LogP contribution in [0.15, 0.2) is 12.1 Å². The minimum absolute atomic E-state index is 0.0438. The van der Waals surface area contributed by atoms with Gasteiger partial charge in [0.25, 0.3) is 0 Å². The minimum atomic E-state index is -3.26. The number of ketones is 1. The van der Waals surface area contributed by atoms with Crippen molar-refractivity contribution >= 4 is 5.78 Å². The molecule has 3 rings (SSSR count). The van der Waals surface area contributed by atoms with E-state index >= 15 is 0 Å². The fraction of sp³-hybridized carbons (Fsp3) is 0.632. The van der Waals surface area contributed by atoms with Crippen LogP contribution in [0.4, 0.5) is 0 Å². The Hall–Kier alpha value is -1.55. The Bertz CT molecular complexity index is 1070. The zero-order valence-electron chi connectivity index (χ0n) is 25.9. The van der Waals surface area contributed by atoms with Gasteiger partial charge in [0.1, 0.15) is 5.78 Å². The van der Waals surface area contributed by atoms with E-state index in [1.807, 2.05) is 13.8 Å². The van der Waals surface area contributed by atoms with Gasteiger partial charge in [0.15, 0.2) is 11.5 Å². The third-order valence-electron chi connectivity index (χ3n) is 4.02. The van der Waals surface area contributed by atoms with Gasteiger partial charge in [-0.3, -0.25) is 9.69 Å². The maximum atomic E-state index is 13.0. The van der Waals surface area contributed by atoms with Crippen molar-refractivity contribution in [3.05, 3.63) is 23.2 Å². The number of fused-ring (bicyclic) bond motifs is 3. The second-order valence-corrected chi connectivity index (χ2v) is 6.13. The summed E-state index contributed by atoms with van der Waals surface area (Å²) in [6.07, 6.45) is -3.40. The summed E-state index contributed by atoms with van der Waals surface area (Å²) in [5.41, 5.74) is -1.50. The van der Waals surface area contributed by atoms with Crippen LogP contribution in [0.3, 0.4) is 0 Å². The van der Waals surface area contributed by atoms with E-state index in [0.717, 1.165) is 4.90 Å². The lowest BCUT2D eigenvalue weighted by Gasteiger charge is -2.43. The molecule has 2 aliphatic rings. The van der Waals surface area contributed by atoms with E-state index in [1.54, 1.807) is 0 Å². The summed E-state index contributed by atoms with van der Waals surface area (Å²) in [5, 5.41) is 0. The quantitative estimate of drug-likeness (QED) is 0.849. The molecule has 4 heteroatoms. The molecule has 2 atom stereocenters. The number of benzene rings is 1. The van der Waals surface area contributed by atoms with E-state index in [0.29, 0.717) is 6.42 Å². The molecule has 0 N–H and O–H groups in total.